The number of allylic oxidation sites excluding steroid dienone is 7. The Morgan fingerprint density at radius 3 is 2.11 bits per heavy atom. The quantitative estimate of drug-likeness (QED) is 0.172. The van der Waals surface area contributed by atoms with E-state index in [1.807, 2.05) is 0 Å². The predicted octanol–water partition coefficient (Wildman–Crippen LogP) is 14.0. The van der Waals surface area contributed by atoms with Crippen molar-refractivity contribution in [2.75, 3.05) is 4.90 Å². The largest absolute Gasteiger partial charge is 0.455 e. The second-order valence-electron chi connectivity index (χ2n) is 15.7. The number of fused-ring (bicyclic) bond motifs is 7. The first kappa shape index (κ1) is 32.5. The van der Waals surface area contributed by atoms with Crippen molar-refractivity contribution in [2.24, 2.45) is 5.92 Å². The Labute approximate surface area is 318 Å². The van der Waals surface area contributed by atoms with Gasteiger partial charge in [-0.2, -0.15) is 0 Å². The van der Waals surface area contributed by atoms with E-state index in [4.69, 9.17) is 4.42 Å². The zero-order valence-corrected chi connectivity index (χ0v) is 31.1. The van der Waals surface area contributed by atoms with Gasteiger partial charge in [0.25, 0.3) is 0 Å². The van der Waals surface area contributed by atoms with E-state index in [2.05, 4.69) is 196 Å². The number of anilines is 1. The lowest BCUT2D eigenvalue weighted by molar-refractivity contribution is 0.653. The lowest BCUT2D eigenvalue weighted by Gasteiger charge is -2.35. The molecule has 0 bridgehead atoms. The van der Waals surface area contributed by atoms with E-state index in [9.17, 15) is 0 Å². The van der Waals surface area contributed by atoms with Crippen LogP contribution in [0.4, 0.5) is 5.69 Å². The minimum Gasteiger partial charge on any atom is -0.455 e. The minimum atomic E-state index is -0.0702. The Morgan fingerprint density at radius 1 is 0.630 bits per heavy atom. The Bertz CT molecular complexity index is 2690. The molecule has 0 aliphatic heterocycles. The van der Waals surface area contributed by atoms with Crippen molar-refractivity contribution in [3.05, 3.63) is 204 Å². The zero-order valence-electron chi connectivity index (χ0n) is 31.1. The topological polar surface area (TPSA) is 16.4 Å². The highest BCUT2D eigenvalue weighted by atomic mass is 16.3. The summed E-state index contributed by atoms with van der Waals surface area (Å²) in [5.41, 5.74) is 17.1. The summed E-state index contributed by atoms with van der Waals surface area (Å²) in [6.45, 7) is 7.01. The van der Waals surface area contributed by atoms with Gasteiger partial charge in [0.1, 0.15) is 11.2 Å². The number of hydrogen-bond donors (Lipinski definition) is 0. The third-order valence-electron chi connectivity index (χ3n) is 12.1. The van der Waals surface area contributed by atoms with E-state index in [1.165, 1.54) is 55.7 Å². The lowest BCUT2D eigenvalue weighted by Crippen LogP contribution is -2.27. The maximum absolute atomic E-state index is 6.96. The van der Waals surface area contributed by atoms with Crippen LogP contribution in [0, 0.1) is 5.92 Å². The zero-order chi connectivity index (χ0) is 36.4. The molecule has 0 amide bonds. The van der Waals surface area contributed by atoms with Crippen LogP contribution in [-0.2, 0) is 5.41 Å². The van der Waals surface area contributed by atoms with Crippen LogP contribution in [0.5, 0.6) is 0 Å². The van der Waals surface area contributed by atoms with E-state index in [0.29, 0.717) is 11.8 Å². The van der Waals surface area contributed by atoms with Crippen LogP contribution in [0.1, 0.15) is 61.8 Å². The minimum absolute atomic E-state index is 0.0702. The molecule has 0 spiro atoms. The maximum Gasteiger partial charge on any atom is 0.143 e. The first-order valence-electron chi connectivity index (χ1n) is 19.3. The molecule has 0 fully saturated rings. The van der Waals surface area contributed by atoms with Gasteiger partial charge in [-0.3, -0.25) is 0 Å². The van der Waals surface area contributed by atoms with Gasteiger partial charge < -0.3 is 9.32 Å². The van der Waals surface area contributed by atoms with Crippen LogP contribution in [-0.4, -0.2) is 0 Å². The Kier molecular flexibility index (Phi) is 7.70. The Morgan fingerprint density at radius 2 is 1.35 bits per heavy atom. The van der Waals surface area contributed by atoms with Gasteiger partial charge in [-0.05, 0) is 76.1 Å². The molecule has 10 rings (SSSR count). The molecule has 0 radical (unpaired) electrons. The molecule has 2 atom stereocenters. The van der Waals surface area contributed by atoms with E-state index in [0.717, 1.165) is 46.2 Å². The van der Waals surface area contributed by atoms with Gasteiger partial charge in [-0.1, -0.05) is 166 Å². The summed E-state index contributed by atoms with van der Waals surface area (Å²) < 4.78 is 6.96. The van der Waals surface area contributed by atoms with Gasteiger partial charge in [0, 0.05) is 56.2 Å². The fraction of sp³-hybridized carbons (Fsp3) is 0.154. The molecule has 0 saturated carbocycles. The number of hydrogen-bond acceptors (Lipinski definition) is 2. The van der Waals surface area contributed by atoms with Crippen molar-refractivity contribution in [2.45, 2.75) is 44.9 Å². The molecule has 2 nitrogen and oxygen atoms in total. The van der Waals surface area contributed by atoms with Gasteiger partial charge in [-0.25, -0.2) is 0 Å². The van der Waals surface area contributed by atoms with Gasteiger partial charge in [-0.15, -0.1) is 0 Å². The molecule has 1 heterocycles. The summed E-state index contributed by atoms with van der Waals surface area (Å²) >= 11 is 0. The van der Waals surface area contributed by atoms with Gasteiger partial charge in [0.2, 0.25) is 0 Å². The molecule has 54 heavy (non-hydrogen) atoms. The van der Waals surface area contributed by atoms with Gasteiger partial charge in [0.05, 0.1) is 0 Å². The summed E-state index contributed by atoms with van der Waals surface area (Å²) in [6, 6.07) is 50.7. The van der Waals surface area contributed by atoms with Gasteiger partial charge in [0.15, 0.2) is 0 Å². The number of nitrogens with zero attached hydrogens (tertiary/aromatic N) is 1. The predicted molar refractivity (Wildman–Crippen MR) is 227 cm³/mol. The molecule has 2 unspecified atom stereocenters. The SMILES string of the molecule is CC1CC(c2ccccc2)=CC=C1N(C1=CCC(c2ccccc2)C=C1)c1ccc(-c2cccc3c2oc2c4c(ccc23)C(C)(C)c2ccccc2-4)cc1. The van der Waals surface area contributed by atoms with Crippen molar-refractivity contribution < 1.29 is 4.42 Å². The summed E-state index contributed by atoms with van der Waals surface area (Å²) in [5, 5.41) is 2.33. The first-order valence-corrected chi connectivity index (χ1v) is 19.3. The molecule has 0 saturated heterocycles. The fourth-order valence-electron chi connectivity index (χ4n) is 9.24. The lowest BCUT2D eigenvalue weighted by atomic mass is 9.82. The van der Waals surface area contributed by atoms with Crippen LogP contribution in [0.25, 0.3) is 49.8 Å². The summed E-state index contributed by atoms with van der Waals surface area (Å²) in [7, 11) is 0. The number of benzene rings is 6. The van der Waals surface area contributed by atoms with Crippen molar-refractivity contribution in [3.63, 3.8) is 0 Å². The fourth-order valence-corrected chi connectivity index (χ4v) is 9.24. The van der Waals surface area contributed by atoms with Crippen molar-refractivity contribution in [1.29, 1.82) is 0 Å². The van der Waals surface area contributed by atoms with Crippen LogP contribution in [0.15, 0.2) is 186 Å². The van der Waals surface area contributed by atoms with Crippen LogP contribution < -0.4 is 4.90 Å². The molecule has 2 heteroatoms. The molecule has 262 valence electrons. The monoisotopic (exact) mass is 697 g/mol. The number of furan rings is 1. The normalized spacial score (nSPS) is 18.5. The third kappa shape index (κ3) is 5.23. The van der Waals surface area contributed by atoms with Crippen molar-refractivity contribution in [3.8, 4) is 22.3 Å². The highest BCUT2D eigenvalue weighted by Gasteiger charge is 2.37. The molecule has 1 aromatic heterocycles. The molecular weight excluding hydrogens is 655 g/mol. The average Bonchev–Trinajstić information content (AvgIpc) is 3.72. The summed E-state index contributed by atoms with van der Waals surface area (Å²) in [6.07, 6.45) is 13.8. The van der Waals surface area contributed by atoms with E-state index in [1.54, 1.807) is 0 Å². The molecule has 3 aliphatic rings. The second kappa shape index (κ2) is 12.8. The molecule has 7 aromatic rings. The van der Waals surface area contributed by atoms with Crippen molar-refractivity contribution in [1.82, 2.24) is 0 Å². The summed E-state index contributed by atoms with van der Waals surface area (Å²) in [4.78, 5) is 2.48. The van der Waals surface area contributed by atoms with Crippen LogP contribution in [0.3, 0.4) is 0 Å². The highest BCUT2D eigenvalue weighted by molar-refractivity contribution is 6.14. The van der Waals surface area contributed by atoms with Crippen molar-refractivity contribution >= 4 is 33.2 Å². The molecule has 0 N–H and O–H groups in total. The van der Waals surface area contributed by atoms with Gasteiger partial charge >= 0.3 is 0 Å². The van der Waals surface area contributed by atoms with Crippen LogP contribution in [0.2, 0.25) is 0 Å². The summed E-state index contributed by atoms with van der Waals surface area (Å²) in [5.74, 6) is 0.721. The highest BCUT2D eigenvalue weighted by Crippen LogP contribution is 2.53. The molecule has 3 aliphatic carbocycles. The van der Waals surface area contributed by atoms with E-state index in [-0.39, 0.29) is 5.41 Å². The average molecular weight is 698 g/mol. The number of para-hydroxylation sites is 1. The maximum atomic E-state index is 6.96. The smallest absolute Gasteiger partial charge is 0.143 e. The third-order valence-corrected chi connectivity index (χ3v) is 12.1. The number of rotatable bonds is 6. The standard InChI is InChI=1S/C52H43NO/c1-34-33-39(36-15-8-5-9-16-36)25-32-48(34)53(40-26-21-37(22-27-40)35-13-6-4-7-14-35)41-28-23-38(24-29-41)42-18-12-19-43-44-30-31-47-49(51(44)54-50(42)43)45-17-10-11-20-46(45)52(47,2)3/h4-21,23-32,34,37H,22,33H2,1-3H3. The Balaban J connectivity index is 1.05. The first-order chi connectivity index (χ1) is 26.5. The molecular formula is C52H43NO. The Hall–Kier alpha value is -6.12. The second-order valence-corrected chi connectivity index (χ2v) is 15.7. The molecule has 6 aromatic carbocycles. The van der Waals surface area contributed by atoms with E-state index < -0.39 is 0 Å². The van der Waals surface area contributed by atoms with Crippen LogP contribution >= 0.6 is 0 Å². The van der Waals surface area contributed by atoms with E-state index >= 15 is 0 Å².